The second-order valence-corrected chi connectivity index (χ2v) is 9.78. The molecule has 1 aromatic heterocycles. The Hall–Kier alpha value is -4.01. The molecule has 3 N–H and O–H groups in total. The smallest absolute Gasteiger partial charge is 0.273 e. The second kappa shape index (κ2) is 11.4. The van der Waals surface area contributed by atoms with E-state index in [1.807, 2.05) is 55.5 Å². The van der Waals surface area contributed by atoms with Gasteiger partial charge in [0.15, 0.2) is 11.5 Å². The van der Waals surface area contributed by atoms with Crippen molar-refractivity contribution in [2.24, 2.45) is 0 Å². The molecule has 1 aliphatic heterocycles. The van der Waals surface area contributed by atoms with Crippen molar-refractivity contribution < 1.29 is 24.5 Å². The first-order chi connectivity index (χ1) is 18.9. The van der Waals surface area contributed by atoms with Crippen molar-refractivity contribution in [3.8, 4) is 28.5 Å². The number of halogens is 1. The molecule has 2 heterocycles. The summed E-state index contributed by atoms with van der Waals surface area (Å²) in [7, 11) is 0. The predicted molar refractivity (Wildman–Crippen MR) is 148 cm³/mol. The van der Waals surface area contributed by atoms with E-state index in [0.29, 0.717) is 65.2 Å². The highest BCUT2D eigenvalue weighted by Gasteiger charge is 2.42. The Bertz CT molecular complexity index is 1490. The summed E-state index contributed by atoms with van der Waals surface area (Å²) in [6, 6.07) is 18.2. The molecule has 0 bridgehead atoms. The number of hydrogen-bond donors (Lipinski definition) is 3. The van der Waals surface area contributed by atoms with Gasteiger partial charge in [-0.3, -0.25) is 9.89 Å². The molecule has 0 radical (unpaired) electrons. The van der Waals surface area contributed by atoms with E-state index in [0.717, 1.165) is 16.7 Å². The highest BCUT2D eigenvalue weighted by atomic mass is 35.5. The Morgan fingerprint density at radius 3 is 2.62 bits per heavy atom. The van der Waals surface area contributed by atoms with E-state index >= 15 is 0 Å². The van der Waals surface area contributed by atoms with E-state index in [-0.39, 0.29) is 18.3 Å². The average Bonchev–Trinajstić information content (AvgIpc) is 3.48. The fourth-order valence-corrected chi connectivity index (χ4v) is 5.06. The van der Waals surface area contributed by atoms with Crippen molar-refractivity contribution in [2.45, 2.75) is 32.9 Å². The first-order valence-electron chi connectivity index (χ1n) is 12.9. The zero-order valence-electron chi connectivity index (χ0n) is 21.8. The zero-order valence-corrected chi connectivity index (χ0v) is 22.5. The topological polar surface area (TPSA) is 108 Å². The van der Waals surface area contributed by atoms with Crippen LogP contribution in [0.25, 0.3) is 11.3 Å². The zero-order chi connectivity index (χ0) is 27.5. The van der Waals surface area contributed by atoms with Crippen LogP contribution in [0.4, 0.5) is 0 Å². The summed E-state index contributed by atoms with van der Waals surface area (Å²) in [5.41, 5.74) is 4.39. The Morgan fingerprint density at radius 2 is 1.87 bits per heavy atom. The maximum Gasteiger partial charge on any atom is 0.273 e. The van der Waals surface area contributed by atoms with Crippen LogP contribution in [0.2, 0.25) is 5.02 Å². The molecule has 1 amide bonds. The number of carbonyl (C=O) groups is 1. The van der Waals surface area contributed by atoms with Gasteiger partial charge < -0.3 is 24.6 Å². The molecule has 1 unspecified atom stereocenters. The standard InChI is InChI=1S/C30H30ClN3O5/c1-3-38-25-15-20(10-11-24(25)39-17-19-8-5-4-6-9-19)29-26-27(21-16-22(31)18(2)14-23(21)36)32-33-28(26)30(37)34(29)12-7-13-35/h4-6,8-11,14-16,29,35-36H,3,7,12-13,17H2,1-2H3,(H,32,33). The summed E-state index contributed by atoms with van der Waals surface area (Å²) in [5.74, 6) is 0.930. The molecule has 1 atom stereocenters. The van der Waals surface area contributed by atoms with Crippen LogP contribution < -0.4 is 9.47 Å². The number of aliphatic hydroxyl groups excluding tert-OH is 1. The molecule has 5 rings (SSSR count). The van der Waals surface area contributed by atoms with E-state index in [2.05, 4.69) is 10.2 Å². The second-order valence-electron chi connectivity index (χ2n) is 9.37. The Kier molecular flexibility index (Phi) is 7.77. The van der Waals surface area contributed by atoms with E-state index in [4.69, 9.17) is 21.1 Å². The Labute approximate surface area is 231 Å². The third-order valence-electron chi connectivity index (χ3n) is 6.77. The number of aryl methyl sites for hydroxylation is 1. The lowest BCUT2D eigenvalue weighted by molar-refractivity contribution is 0.0732. The van der Waals surface area contributed by atoms with E-state index in [9.17, 15) is 15.0 Å². The molecule has 202 valence electrons. The van der Waals surface area contributed by atoms with E-state index in [1.54, 1.807) is 24.0 Å². The van der Waals surface area contributed by atoms with Gasteiger partial charge in [-0.05, 0) is 61.2 Å². The summed E-state index contributed by atoms with van der Waals surface area (Å²) < 4.78 is 12.0. The number of nitrogens with zero attached hydrogens (tertiary/aromatic N) is 2. The summed E-state index contributed by atoms with van der Waals surface area (Å²) in [5, 5.41) is 28.1. The summed E-state index contributed by atoms with van der Waals surface area (Å²) in [6.45, 7) is 4.80. The summed E-state index contributed by atoms with van der Waals surface area (Å²) in [6.07, 6.45) is 0.410. The molecule has 0 aliphatic carbocycles. The third kappa shape index (κ3) is 5.17. The number of aliphatic hydroxyl groups is 1. The molecule has 0 fully saturated rings. The van der Waals surface area contributed by atoms with Crippen LogP contribution in [-0.2, 0) is 6.61 Å². The number of H-pyrrole nitrogens is 1. The van der Waals surface area contributed by atoms with Crippen molar-refractivity contribution in [3.05, 3.63) is 93.6 Å². The van der Waals surface area contributed by atoms with Gasteiger partial charge in [0.05, 0.1) is 12.6 Å². The minimum Gasteiger partial charge on any atom is -0.507 e. The molecule has 4 aromatic rings. The van der Waals surface area contributed by atoms with Crippen molar-refractivity contribution in [1.29, 1.82) is 0 Å². The van der Waals surface area contributed by atoms with Gasteiger partial charge in [-0.15, -0.1) is 0 Å². The molecule has 8 nitrogen and oxygen atoms in total. The van der Waals surface area contributed by atoms with Gasteiger partial charge in [0.1, 0.15) is 23.7 Å². The molecule has 0 saturated heterocycles. The summed E-state index contributed by atoms with van der Waals surface area (Å²) in [4.78, 5) is 15.2. The number of carbonyl (C=O) groups excluding carboxylic acids is 1. The van der Waals surface area contributed by atoms with Crippen LogP contribution in [0.1, 0.15) is 52.1 Å². The van der Waals surface area contributed by atoms with Gasteiger partial charge in [0, 0.05) is 29.3 Å². The number of benzene rings is 3. The van der Waals surface area contributed by atoms with Crippen molar-refractivity contribution >= 4 is 17.5 Å². The summed E-state index contributed by atoms with van der Waals surface area (Å²) >= 11 is 6.40. The molecular weight excluding hydrogens is 518 g/mol. The lowest BCUT2D eigenvalue weighted by Crippen LogP contribution is -2.31. The molecule has 9 heteroatoms. The quantitative estimate of drug-likeness (QED) is 0.237. The van der Waals surface area contributed by atoms with Gasteiger partial charge in [0.25, 0.3) is 5.91 Å². The number of ether oxygens (including phenoxy) is 2. The van der Waals surface area contributed by atoms with Gasteiger partial charge in [-0.2, -0.15) is 5.10 Å². The fourth-order valence-electron chi connectivity index (χ4n) is 4.89. The lowest BCUT2D eigenvalue weighted by atomic mass is 9.95. The Balaban J connectivity index is 1.58. The lowest BCUT2D eigenvalue weighted by Gasteiger charge is -2.27. The minimum atomic E-state index is -0.533. The normalized spacial score (nSPS) is 14.5. The fraction of sp³-hybridized carbons (Fsp3) is 0.267. The van der Waals surface area contributed by atoms with Crippen molar-refractivity contribution in [2.75, 3.05) is 19.8 Å². The maximum absolute atomic E-state index is 13.5. The largest absolute Gasteiger partial charge is 0.507 e. The minimum absolute atomic E-state index is 0.0193. The number of aromatic amines is 1. The molecule has 1 aliphatic rings. The molecule has 0 saturated carbocycles. The third-order valence-corrected chi connectivity index (χ3v) is 7.18. The number of hydrogen-bond acceptors (Lipinski definition) is 6. The first kappa shape index (κ1) is 26.6. The van der Waals surface area contributed by atoms with Gasteiger partial charge in [0.2, 0.25) is 0 Å². The van der Waals surface area contributed by atoms with Crippen molar-refractivity contribution in [1.82, 2.24) is 15.1 Å². The van der Waals surface area contributed by atoms with E-state index in [1.165, 1.54) is 0 Å². The van der Waals surface area contributed by atoms with Crippen molar-refractivity contribution in [3.63, 3.8) is 0 Å². The molecular formula is C30H30ClN3O5. The average molecular weight is 548 g/mol. The van der Waals surface area contributed by atoms with Gasteiger partial charge in [-0.25, -0.2) is 0 Å². The number of phenols is 1. The monoisotopic (exact) mass is 547 g/mol. The van der Waals surface area contributed by atoms with Crippen LogP contribution in [0.3, 0.4) is 0 Å². The number of aromatic hydroxyl groups is 1. The van der Waals surface area contributed by atoms with Gasteiger partial charge in [-0.1, -0.05) is 48.0 Å². The highest BCUT2D eigenvalue weighted by molar-refractivity contribution is 6.31. The van der Waals surface area contributed by atoms with Crippen LogP contribution in [0.15, 0.2) is 60.7 Å². The number of nitrogens with one attached hydrogen (secondary N) is 1. The maximum atomic E-state index is 13.5. The number of aromatic nitrogens is 2. The van der Waals surface area contributed by atoms with Crippen LogP contribution in [0.5, 0.6) is 17.2 Å². The number of fused-ring (bicyclic) bond motifs is 1. The first-order valence-corrected chi connectivity index (χ1v) is 13.2. The molecule has 39 heavy (non-hydrogen) atoms. The van der Waals surface area contributed by atoms with Crippen LogP contribution in [0, 0.1) is 6.92 Å². The number of rotatable bonds is 10. The number of amides is 1. The van der Waals surface area contributed by atoms with Gasteiger partial charge >= 0.3 is 0 Å². The molecule has 0 spiro atoms. The molecule has 3 aromatic carbocycles. The van der Waals surface area contributed by atoms with Crippen LogP contribution in [-0.4, -0.2) is 51.0 Å². The predicted octanol–water partition coefficient (Wildman–Crippen LogP) is 5.65. The Morgan fingerprint density at radius 1 is 1.08 bits per heavy atom. The number of phenolic OH excluding ortho intramolecular Hbond substituents is 1. The van der Waals surface area contributed by atoms with Crippen LogP contribution >= 0.6 is 11.6 Å². The highest BCUT2D eigenvalue weighted by Crippen LogP contribution is 2.46. The SMILES string of the molecule is CCOc1cc(C2c3c(-c4cc(Cl)c(C)cc4O)n[nH]c3C(=O)N2CCCO)ccc1OCc1ccccc1. The van der Waals surface area contributed by atoms with E-state index < -0.39 is 6.04 Å².